The number of nitro groups is 1. The number of nitro benzene ring substituents is 1. The van der Waals surface area contributed by atoms with Crippen LogP contribution in [-0.4, -0.2) is 35.0 Å². The summed E-state index contributed by atoms with van der Waals surface area (Å²) in [6.07, 6.45) is 5.20. The molecule has 108 valence electrons. The largest absolute Gasteiger partial charge is 0.310 e. The molecule has 2 aliphatic rings. The van der Waals surface area contributed by atoms with Gasteiger partial charge in [0.2, 0.25) is 0 Å². The number of rotatable bonds is 5. The molecule has 1 saturated heterocycles. The Kier molecular flexibility index (Phi) is 3.98. The zero-order valence-corrected chi connectivity index (χ0v) is 11.6. The van der Waals surface area contributed by atoms with Gasteiger partial charge < -0.3 is 10.2 Å². The molecule has 0 radical (unpaired) electrons. The first-order chi connectivity index (χ1) is 9.72. The molecule has 1 aromatic rings. The van der Waals surface area contributed by atoms with Gasteiger partial charge in [0.05, 0.1) is 4.92 Å². The van der Waals surface area contributed by atoms with Crippen LogP contribution >= 0.6 is 0 Å². The molecule has 3 rings (SSSR count). The average molecular weight is 275 g/mol. The highest BCUT2D eigenvalue weighted by molar-refractivity contribution is 5.32. The fourth-order valence-corrected chi connectivity index (χ4v) is 2.91. The van der Waals surface area contributed by atoms with Crippen molar-refractivity contribution in [3.63, 3.8) is 0 Å². The van der Waals surface area contributed by atoms with Gasteiger partial charge in [0.1, 0.15) is 0 Å². The van der Waals surface area contributed by atoms with Crippen LogP contribution in [0.4, 0.5) is 5.69 Å². The van der Waals surface area contributed by atoms with Crippen molar-refractivity contribution in [2.24, 2.45) is 0 Å². The summed E-state index contributed by atoms with van der Waals surface area (Å²) in [5.41, 5.74) is 1.27. The molecular formula is C15H21N3O2. The van der Waals surface area contributed by atoms with Crippen molar-refractivity contribution in [3.8, 4) is 0 Å². The van der Waals surface area contributed by atoms with Crippen molar-refractivity contribution in [2.45, 2.75) is 44.3 Å². The lowest BCUT2D eigenvalue weighted by molar-refractivity contribution is -0.384. The second-order valence-electron chi connectivity index (χ2n) is 5.85. The van der Waals surface area contributed by atoms with Crippen LogP contribution in [0.5, 0.6) is 0 Å². The maximum Gasteiger partial charge on any atom is 0.269 e. The third-order valence-corrected chi connectivity index (χ3v) is 4.33. The second kappa shape index (κ2) is 5.89. The Hall–Kier alpha value is -1.46. The van der Waals surface area contributed by atoms with E-state index in [9.17, 15) is 10.1 Å². The molecule has 1 aliphatic carbocycles. The first kappa shape index (κ1) is 13.5. The standard InChI is InChI=1S/C15H21N3O2/c19-18(20)15-3-1-12(2-4-15)11-16-13-7-9-17(10-8-13)14-5-6-14/h1-4,13-14,16H,5-11H2. The molecule has 5 heteroatoms. The fourth-order valence-electron chi connectivity index (χ4n) is 2.91. The van der Waals surface area contributed by atoms with Crippen LogP contribution < -0.4 is 5.32 Å². The highest BCUT2D eigenvalue weighted by Gasteiger charge is 2.31. The summed E-state index contributed by atoms with van der Waals surface area (Å²) in [7, 11) is 0. The highest BCUT2D eigenvalue weighted by Crippen LogP contribution is 2.29. The molecule has 1 aliphatic heterocycles. The second-order valence-corrected chi connectivity index (χ2v) is 5.85. The lowest BCUT2D eigenvalue weighted by Crippen LogP contribution is -2.43. The Labute approximate surface area is 119 Å². The minimum Gasteiger partial charge on any atom is -0.310 e. The highest BCUT2D eigenvalue weighted by atomic mass is 16.6. The van der Waals surface area contributed by atoms with Crippen LogP contribution in [0.3, 0.4) is 0 Å². The van der Waals surface area contributed by atoms with Crippen LogP contribution in [0.2, 0.25) is 0 Å². The Bertz CT molecular complexity index is 463. The summed E-state index contributed by atoms with van der Waals surface area (Å²) in [5.74, 6) is 0. The number of non-ortho nitro benzene ring substituents is 1. The number of piperidine rings is 1. The van der Waals surface area contributed by atoms with E-state index in [2.05, 4.69) is 10.2 Å². The van der Waals surface area contributed by atoms with Gasteiger partial charge in [0.15, 0.2) is 0 Å². The SMILES string of the molecule is O=[N+]([O-])c1ccc(CNC2CCN(C3CC3)CC2)cc1. The summed E-state index contributed by atoms with van der Waals surface area (Å²) in [5, 5.41) is 14.2. The zero-order valence-electron chi connectivity index (χ0n) is 11.6. The maximum atomic E-state index is 10.6. The van der Waals surface area contributed by atoms with Gasteiger partial charge in [-0.05, 0) is 44.3 Å². The number of hydrogen-bond donors (Lipinski definition) is 1. The predicted molar refractivity (Wildman–Crippen MR) is 77.6 cm³/mol. The maximum absolute atomic E-state index is 10.6. The number of hydrogen-bond acceptors (Lipinski definition) is 4. The number of likely N-dealkylation sites (tertiary alicyclic amines) is 1. The molecule has 1 heterocycles. The Morgan fingerprint density at radius 3 is 2.35 bits per heavy atom. The van der Waals surface area contributed by atoms with Crippen LogP contribution in [-0.2, 0) is 6.54 Å². The van der Waals surface area contributed by atoms with Gasteiger partial charge in [-0.2, -0.15) is 0 Å². The predicted octanol–water partition coefficient (Wildman–Crippen LogP) is 2.31. The third kappa shape index (κ3) is 3.35. The fraction of sp³-hybridized carbons (Fsp3) is 0.600. The molecule has 0 unspecified atom stereocenters. The average Bonchev–Trinajstić information content (AvgIpc) is 3.31. The van der Waals surface area contributed by atoms with E-state index in [0.29, 0.717) is 6.04 Å². The van der Waals surface area contributed by atoms with E-state index >= 15 is 0 Å². The van der Waals surface area contributed by atoms with Gasteiger partial charge in [0, 0.05) is 30.8 Å². The molecule has 0 bridgehead atoms. The van der Waals surface area contributed by atoms with E-state index in [1.165, 1.54) is 38.8 Å². The topological polar surface area (TPSA) is 58.4 Å². The van der Waals surface area contributed by atoms with E-state index in [0.717, 1.165) is 18.2 Å². The Morgan fingerprint density at radius 1 is 1.15 bits per heavy atom. The molecule has 0 atom stereocenters. The first-order valence-corrected chi connectivity index (χ1v) is 7.43. The van der Waals surface area contributed by atoms with Crippen molar-refractivity contribution in [3.05, 3.63) is 39.9 Å². The van der Waals surface area contributed by atoms with Crippen molar-refractivity contribution >= 4 is 5.69 Å². The zero-order chi connectivity index (χ0) is 13.9. The number of nitrogens with one attached hydrogen (secondary N) is 1. The molecule has 5 nitrogen and oxygen atoms in total. The van der Waals surface area contributed by atoms with Gasteiger partial charge >= 0.3 is 0 Å². The molecule has 0 amide bonds. The Morgan fingerprint density at radius 2 is 1.80 bits per heavy atom. The summed E-state index contributed by atoms with van der Waals surface area (Å²) in [6, 6.07) is 8.29. The minimum atomic E-state index is -0.356. The van der Waals surface area contributed by atoms with Gasteiger partial charge in [-0.25, -0.2) is 0 Å². The van der Waals surface area contributed by atoms with Crippen molar-refractivity contribution < 1.29 is 4.92 Å². The first-order valence-electron chi connectivity index (χ1n) is 7.43. The van der Waals surface area contributed by atoms with Crippen LogP contribution in [0.15, 0.2) is 24.3 Å². The molecule has 1 aromatic carbocycles. The van der Waals surface area contributed by atoms with E-state index in [-0.39, 0.29) is 10.6 Å². The molecule has 1 saturated carbocycles. The van der Waals surface area contributed by atoms with Crippen LogP contribution in [0.1, 0.15) is 31.2 Å². The molecule has 20 heavy (non-hydrogen) atoms. The minimum absolute atomic E-state index is 0.159. The van der Waals surface area contributed by atoms with E-state index < -0.39 is 0 Å². The lowest BCUT2D eigenvalue weighted by atomic mass is 10.0. The molecule has 0 aromatic heterocycles. The third-order valence-electron chi connectivity index (χ3n) is 4.33. The normalized spacial score (nSPS) is 21.0. The summed E-state index contributed by atoms with van der Waals surface area (Å²) in [6.45, 7) is 3.22. The van der Waals surface area contributed by atoms with E-state index in [1.54, 1.807) is 12.1 Å². The van der Waals surface area contributed by atoms with Crippen molar-refractivity contribution in [1.82, 2.24) is 10.2 Å². The summed E-state index contributed by atoms with van der Waals surface area (Å²) in [4.78, 5) is 12.9. The summed E-state index contributed by atoms with van der Waals surface area (Å²) < 4.78 is 0. The smallest absolute Gasteiger partial charge is 0.269 e. The summed E-state index contributed by atoms with van der Waals surface area (Å²) >= 11 is 0. The van der Waals surface area contributed by atoms with E-state index in [4.69, 9.17) is 0 Å². The van der Waals surface area contributed by atoms with Gasteiger partial charge in [-0.1, -0.05) is 12.1 Å². The molecule has 2 fully saturated rings. The van der Waals surface area contributed by atoms with Crippen molar-refractivity contribution in [1.29, 1.82) is 0 Å². The molecular weight excluding hydrogens is 254 g/mol. The van der Waals surface area contributed by atoms with Gasteiger partial charge in [0.25, 0.3) is 5.69 Å². The van der Waals surface area contributed by atoms with Crippen LogP contribution in [0, 0.1) is 10.1 Å². The van der Waals surface area contributed by atoms with Gasteiger partial charge in [-0.3, -0.25) is 10.1 Å². The quantitative estimate of drug-likeness (QED) is 0.662. The van der Waals surface area contributed by atoms with Crippen LogP contribution in [0.25, 0.3) is 0 Å². The number of nitrogens with zero attached hydrogens (tertiary/aromatic N) is 2. The van der Waals surface area contributed by atoms with Crippen molar-refractivity contribution in [2.75, 3.05) is 13.1 Å². The number of benzene rings is 1. The lowest BCUT2D eigenvalue weighted by Gasteiger charge is -2.32. The molecule has 0 spiro atoms. The van der Waals surface area contributed by atoms with Gasteiger partial charge in [-0.15, -0.1) is 0 Å². The van der Waals surface area contributed by atoms with E-state index in [1.807, 2.05) is 12.1 Å². The Balaban J connectivity index is 1.44. The monoisotopic (exact) mass is 275 g/mol. The molecule has 1 N–H and O–H groups in total.